The van der Waals surface area contributed by atoms with Crippen LogP contribution in [0.1, 0.15) is 50.4 Å². The largest absolute Gasteiger partial charge is 0.357 e. The van der Waals surface area contributed by atoms with Gasteiger partial charge in [0.25, 0.3) is 0 Å². The maximum absolute atomic E-state index is 12.7. The van der Waals surface area contributed by atoms with Gasteiger partial charge in [-0.2, -0.15) is 0 Å². The number of aromatic nitrogens is 2. The number of amides is 1. The first-order chi connectivity index (χ1) is 15.2. The second kappa shape index (κ2) is 10.5. The quantitative estimate of drug-likeness (QED) is 0.532. The number of likely N-dealkylation sites (tertiary alicyclic amines) is 1. The van der Waals surface area contributed by atoms with Crippen LogP contribution in [0.4, 0.5) is 0 Å². The number of benzene rings is 1. The summed E-state index contributed by atoms with van der Waals surface area (Å²) in [6.45, 7) is 5.76. The highest BCUT2D eigenvalue weighted by molar-refractivity contribution is 5.81. The molecule has 0 bridgehead atoms. The fourth-order valence-electron chi connectivity index (χ4n) is 4.59. The fourth-order valence-corrected chi connectivity index (χ4v) is 4.59. The van der Waals surface area contributed by atoms with Crippen LogP contribution in [0.5, 0.6) is 0 Å². The number of imidazole rings is 1. The first-order valence-corrected chi connectivity index (χ1v) is 11.6. The van der Waals surface area contributed by atoms with E-state index in [1.165, 1.54) is 18.4 Å². The third-order valence-corrected chi connectivity index (χ3v) is 6.27. The summed E-state index contributed by atoms with van der Waals surface area (Å²) in [6.07, 6.45) is 9.32. The molecule has 1 aromatic carbocycles. The molecular weight excluding hydrogens is 388 g/mol. The minimum absolute atomic E-state index is 0.243. The molecule has 2 N–H and O–H groups in total. The zero-order valence-corrected chi connectivity index (χ0v) is 18.5. The van der Waals surface area contributed by atoms with Gasteiger partial charge in [-0.05, 0) is 31.7 Å². The van der Waals surface area contributed by atoms with Crippen LogP contribution in [0.3, 0.4) is 0 Å². The number of hydrogen-bond acceptors (Lipinski definition) is 3. The SMILES string of the molecule is CCNC(=NCc1nccn1Cc1ccccc1)NC1CCN(C(=O)C2CCCC2)C1. The summed E-state index contributed by atoms with van der Waals surface area (Å²) in [6, 6.07) is 10.6. The molecule has 0 spiro atoms. The van der Waals surface area contributed by atoms with Crippen molar-refractivity contribution in [1.29, 1.82) is 0 Å². The van der Waals surface area contributed by atoms with Gasteiger partial charge in [0.1, 0.15) is 12.4 Å². The van der Waals surface area contributed by atoms with Crippen molar-refractivity contribution in [2.24, 2.45) is 10.9 Å². The first-order valence-electron chi connectivity index (χ1n) is 11.6. The summed E-state index contributed by atoms with van der Waals surface area (Å²) in [7, 11) is 0. The highest BCUT2D eigenvalue weighted by atomic mass is 16.2. The summed E-state index contributed by atoms with van der Waals surface area (Å²) in [5.41, 5.74) is 1.24. The molecule has 1 aliphatic heterocycles. The van der Waals surface area contributed by atoms with E-state index in [2.05, 4.69) is 51.4 Å². The Morgan fingerprint density at radius 1 is 1.19 bits per heavy atom. The van der Waals surface area contributed by atoms with E-state index in [4.69, 9.17) is 4.99 Å². The lowest BCUT2D eigenvalue weighted by Gasteiger charge is -2.21. The van der Waals surface area contributed by atoms with Crippen molar-refractivity contribution in [2.75, 3.05) is 19.6 Å². The molecule has 2 heterocycles. The van der Waals surface area contributed by atoms with E-state index < -0.39 is 0 Å². The average molecular weight is 423 g/mol. The lowest BCUT2D eigenvalue weighted by Crippen LogP contribution is -2.45. The molecule has 4 rings (SSSR count). The van der Waals surface area contributed by atoms with Gasteiger partial charge in [-0.3, -0.25) is 4.79 Å². The van der Waals surface area contributed by atoms with Crippen LogP contribution in [0, 0.1) is 5.92 Å². The highest BCUT2D eigenvalue weighted by Gasteiger charge is 2.32. The van der Waals surface area contributed by atoms with E-state index in [1.807, 2.05) is 23.4 Å². The first kappa shape index (κ1) is 21.4. The molecule has 0 radical (unpaired) electrons. The van der Waals surface area contributed by atoms with Crippen LogP contribution in [-0.4, -0.2) is 52.0 Å². The Morgan fingerprint density at radius 2 is 2.00 bits per heavy atom. The molecule has 1 saturated heterocycles. The van der Waals surface area contributed by atoms with Crippen LogP contribution < -0.4 is 10.6 Å². The maximum Gasteiger partial charge on any atom is 0.225 e. The van der Waals surface area contributed by atoms with Crippen molar-refractivity contribution in [3.05, 3.63) is 54.1 Å². The van der Waals surface area contributed by atoms with E-state index >= 15 is 0 Å². The van der Waals surface area contributed by atoms with E-state index in [0.717, 1.165) is 57.2 Å². The Bertz CT molecular complexity index is 871. The van der Waals surface area contributed by atoms with E-state index in [0.29, 0.717) is 12.5 Å². The van der Waals surface area contributed by atoms with Gasteiger partial charge in [0.05, 0.1) is 0 Å². The Labute approximate surface area is 185 Å². The van der Waals surface area contributed by atoms with Crippen LogP contribution in [0.25, 0.3) is 0 Å². The third-order valence-electron chi connectivity index (χ3n) is 6.27. The number of guanidine groups is 1. The number of aliphatic imine (C=N–C) groups is 1. The third kappa shape index (κ3) is 5.66. The maximum atomic E-state index is 12.7. The molecule has 2 fully saturated rings. The molecule has 1 unspecified atom stereocenters. The standard InChI is InChI=1S/C24H34N6O/c1-2-25-24(28-21-12-14-30(18-21)23(31)20-10-6-7-11-20)27-16-22-26-13-15-29(22)17-19-8-4-3-5-9-19/h3-5,8-9,13,15,20-21H,2,6-7,10-12,14,16-18H2,1H3,(H2,25,27,28). The molecule has 2 aromatic rings. The second-order valence-corrected chi connectivity index (χ2v) is 8.55. The molecule has 1 aliphatic carbocycles. The molecular formula is C24H34N6O. The van der Waals surface area contributed by atoms with Gasteiger partial charge < -0.3 is 20.1 Å². The van der Waals surface area contributed by atoms with Crippen LogP contribution >= 0.6 is 0 Å². The van der Waals surface area contributed by atoms with Crippen LogP contribution in [-0.2, 0) is 17.9 Å². The van der Waals surface area contributed by atoms with Gasteiger partial charge in [-0.15, -0.1) is 0 Å². The number of nitrogens with one attached hydrogen (secondary N) is 2. The van der Waals surface area contributed by atoms with Gasteiger partial charge >= 0.3 is 0 Å². The van der Waals surface area contributed by atoms with Crippen molar-refractivity contribution in [3.8, 4) is 0 Å². The molecule has 7 nitrogen and oxygen atoms in total. The van der Waals surface area contributed by atoms with Crippen molar-refractivity contribution >= 4 is 11.9 Å². The van der Waals surface area contributed by atoms with Gasteiger partial charge in [0.15, 0.2) is 5.96 Å². The fraction of sp³-hybridized carbons (Fsp3) is 0.542. The predicted molar refractivity (Wildman–Crippen MR) is 123 cm³/mol. The van der Waals surface area contributed by atoms with Crippen molar-refractivity contribution in [1.82, 2.24) is 25.1 Å². The Kier molecular flexibility index (Phi) is 7.22. The summed E-state index contributed by atoms with van der Waals surface area (Å²) in [5.74, 6) is 2.33. The number of carbonyl (C=O) groups is 1. The van der Waals surface area contributed by atoms with Crippen molar-refractivity contribution < 1.29 is 4.79 Å². The normalized spacial score (nSPS) is 19.7. The van der Waals surface area contributed by atoms with Gasteiger partial charge in [0, 0.05) is 50.5 Å². The molecule has 1 atom stereocenters. The minimum atomic E-state index is 0.243. The lowest BCUT2D eigenvalue weighted by atomic mass is 10.1. The summed E-state index contributed by atoms with van der Waals surface area (Å²) in [4.78, 5) is 24.0. The number of nitrogens with zero attached hydrogens (tertiary/aromatic N) is 4. The summed E-state index contributed by atoms with van der Waals surface area (Å²) >= 11 is 0. The van der Waals surface area contributed by atoms with E-state index in [-0.39, 0.29) is 12.0 Å². The summed E-state index contributed by atoms with van der Waals surface area (Å²) < 4.78 is 2.14. The molecule has 7 heteroatoms. The zero-order valence-electron chi connectivity index (χ0n) is 18.5. The highest BCUT2D eigenvalue weighted by Crippen LogP contribution is 2.27. The minimum Gasteiger partial charge on any atom is -0.357 e. The van der Waals surface area contributed by atoms with Gasteiger partial charge in [0.2, 0.25) is 5.91 Å². The number of hydrogen-bond donors (Lipinski definition) is 2. The van der Waals surface area contributed by atoms with Crippen molar-refractivity contribution in [2.45, 2.75) is 58.2 Å². The summed E-state index contributed by atoms with van der Waals surface area (Å²) in [5, 5.41) is 6.87. The molecule has 1 amide bonds. The lowest BCUT2D eigenvalue weighted by molar-refractivity contribution is -0.134. The zero-order chi connectivity index (χ0) is 21.5. The smallest absolute Gasteiger partial charge is 0.225 e. The topological polar surface area (TPSA) is 74.6 Å². The average Bonchev–Trinajstić information content (AvgIpc) is 3.55. The van der Waals surface area contributed by atoms with E-state index in [9.17, 15) is 4.79 Å². The van der Waals surface area contributed by atoms with Crippen LogP contribution in [0.15, 0.2) is 47.7 Å². The van der Waals surface area contributed by atoms with E-state index in [1.54, 1.807) is 0 Å². The van der Waals surface area contributed by atoms with Crippen LogP contribution in [0.2, 0.25) is 0 Å². The monoisotopic (exact) mass is 422 g/mol. The van der Waals surface area contributed by atoms with Gasteiger partial charge in [-0.1, -0.05) is 43.2 Å². The number of rotatable bonds is 7. The van der Waals surface area contributed by atoms with Gasteiger partial charge in [-0.25, -0.2) is 9.98 Å². The predicted octanol–water partition coefficient (Wildman–Crippen LogP) is 2.78. The molecule has 2 aliphatic rings. The molecule has 31 heavy (non-hydrogen) atoms. The van der Waals surface area contributed by atoms with Crippen molar-refractivity contribution in [3.63, 3.8) is 0 Å². The Balaban J connectivity index is 1.34. The Morgan fingerprint density at radius 3 is 2.77 bits per heavy atom. The molecule has 1 saturated carbocycles. The number of carbonyl (C=O) groups excluding carboxylic acids is 1. The molecule has 166 valence electrons. The second-order valence-electron chi connectivity index (χ2n) is 8.55. The molecule has 1 aromatic heterocycles. The Hall–Kier alpha value is -2.83.